The molecule has 176 valence electrons. The maximum absolute atomic E-state index is 13.2. The Morgan fingerprint density at radius 3 is 2.61 bits per heavy atom. The fourth-order valence-corrected chi connectivity index (χ4v) is 5.53. The predicted octanol–water partition coefficient (Wildman–Crippen LogP) is 5.66. The van der Waals surface area contributed by atoms with Crippen LogP contribution >= 0.6 is 11.6 Å². The number of hydrogen-bond donors (Lipinski definition) is 1. The lowest BCUT2D eigenvalue weighted by atomic mass is 9.91. The van der Waals surface area contributed by atoms with Gasteiger partial charge in [-0.1, -0.05) is 36.9 Å². The van der Waals surface area contributed by atoms with Crippen molar-refractivity contribution in [2.45, 2.75) is 76.0 Å². The van der Waals surface area contributed by atoms with Crippen molar-refractivity contribution in [1.82, 2.24) is 10.3 Å². The van der Waals surface area contributed by atoms with Gasteiger partial charge < -0.3 is 19.7 Å². The molecule has 5 rings (SSSR count). The zero-order valence-corrected chi connectivity index (χ0v) is 19.7. The van der Waals surface area contributed by atoms with Crippen molar-refractivity contribution in [3.8, 4) is 5.75 Å². The van der Waals surface area contributed by atoms with Gasteiger partial charge in [0.25, 0.3) is 5.91 Å². The van der Waals surface area contributed by atoms with E-state index >= 15 is 0 Å². The summed E-state index contributed by atoms with van der Waals surface area (Å²) in [5, 5.41) is 3.82. The van der Waals surface area contributed by atoms with E-state index < -0.39 is 0 Å². The lowest BCUT2D eigenvalue weighted by Gasteiger charge is -2.34. The number of hydrogen-bond acceptors (Lipinski definition) is 5. The zero-order valence-electron chi connectivity index (χ0n) is 19.0. The van der Waals surface area contributed by atoms with E-state index in [9.17, 15) is 4.79 Å². The summed E-state index contributed by atoms with van der Waals surface area (Å²) in [5.41, 5.74) is 1.38. The molecule has 0 spiro atoms. The van der Waals surface area contributed by atoms with E-state index in [1.807, 2.05) is 35.2 Å². The molecule has 2 aliphatic carbocycles. The van der Waals surface area contributed by atoms with E-state index in [0.717, 1.165) is 31.4 Å². The lowest BCUT2D eigenvalue weighted by molar-refractivity contribution is -0.0479. The van der Waals surface area contributed by atoms with E-state index in [-0.39, 0.29) is 11.9 Å². The van der Waals surface area contributed by atoms with Crippen molar-refractivity contribution in [2.24, 2.45) is 0 Å². The van der Waals surface area contributed by atoms with Gasteiger partial charge in [-0.25, -0.2) is 4.98 Å². The molecule has 1 amide bonds. The lowest BCUT2D eigenvalue weighted by Crippen LogP contribution is -2.40. The van der Waals surface area contributed by atoms with E-state index in [1.165, 1.54) is 32.1 Å². The van der Waals surface area contributed by atoms with Gasteiger partial charge in [0, 0.05) is 12.2 Å². The number of halogens is 1. The van der Waals surface area contributed by atoms with E-state index in [1.54, 1.807) is 6.20 Å². The minimum absolute atomic E-state index is 0.0857. The van der Waals surface area contributed by atoms with Crippen LogP contribution in [0.5, 0.6) is 5.75 Å². The van der Waals surface area contributed by atoms with Crippen molar-refractivity contribution >= 4 is 29.0 Å². The van der Waals surface area contributed by atoms with Crippen molar-refractivity contribution in [2.75, 3.05) is 18.1 Å². The van der Waals surface area contributed by atoms with Crippen LogP contribution in [0.25, 0.3) is 0 Å². The molecule has 0 unspecified atom stereocenters. The van der Waals surface area contributed by atoms with E-state index in [4.69, 9.17) is 21.1 Å². The molecule has 2 saturated carbocycles. The number of benzene rings is 1. The van der Waals surface area contributed by atoms with E-state index in [0.29, 0.717) is 47.5 Å². The highest BCUT2D eigenvalue weighted by atomic mass is 35.5. The van der Waals surface area contributed by atoms with Crippen LogP contribution in [-0.2, 0) is 4.74 Å². The first kappa shape index (κ1) is 22.5. The molecule has 1 aromatic heterocycles. The van der Waals surface area contributed by atoms with Crippen LogP contribution in [0.4, 0.5) is 11.5 Å². The summed E-state index contributed by atoms with van der Waals surface area (Å²) in [6.45, 7) is 1.09. The Morgan fingerprint density at radius 2 is 1.82 bits per heavy atom. The van der Waals surface area contributed by atoms with Gasteiger partial charge in [-0.15, -0.1) is 0 Å². The summed E-state index contributed by atoms with van der Waals surface area (Å²) in [5.74, 6) is 1.19. The number of rotatable bonds is 5. The number of nitrogens with zero attached hydrogens (tertiary/aromatic N) is 2. The maximum Gasteiger partial charge on any atom is 0.255 e. The highest BCUT2D eigenvalue weighted by Crippen LogP contribution is 2.40. The van der Waals surface area contributed by atoms with Gasteiger partial charge in [0.15, 0.2) is 11.6 Å². The van der Waals surface area contributed by atoms with Crippen molar-refractivity contribution in [1.29, 1.82) is 0 Å². The number of para-hydroxylation sites is 1. The first-order valence-corrected chi connectivity index (χ1v) is 12.7. The average Bonchev–Trinajstić information content (AvgIpc) is 2.85. The second-order valence-electron chi connectivity index (χ2n) is 9.31. The summed E-state index contributed by atoms with van der Waals surface area (Å²) in [6.07, 6.45) is 12.8. The number of nitrogens with one attached hydrogen (secondary N) is 1. The fourth-order valence-electron chi connectivity index (χ4n) is 5.30. The molecule has 2 heterocycles. The quantitative estimate of drug-likeness (QED) is 0.612. The van der Waals surface area contributed by atoms with Gasteiger partial charge in [-0.3, -0.25) is 4.79 Å². The number of carbonyl (C=O) groups is 1. The second kappa shape index (κ2) is 10.3. The Bertz CT molecular complexity index is 971. The molecule has 2 fully saturated rings. The molecule has 1 aliphatic heterocycles. The van der Waals surface area contributed by atoms with E-state index in [2.05, 4.69) is 10.3 Å². The first-order valence-electron chi connectivity index (χ1n) is 12.3. The van der Waals surface area contributed by atoms with Crippen molar-refractivity contribution < 1.29 is 14.3 Å². The molecule has 6 nitrogen and oxygen atoms in total. The molecule has 1 N–H and O–H groups in total. The number of carbonyl (C=O) groups excluding carboxylic acids is 1. The summed E-state index contributed by atoms with van der Waals surface area (Å²) in [4.78, 5) is 19.7. The van der Waals surface area contributed by atoms with Crippen LogP contribution < -0.4 is 15.0 Å². The van der Waals surface area contributed by atoms with Gasteiger partial charge in [0.05, 0.1) is 35.0 Å². The van der Waals surface area contributed by atoms with Crippen LogP contribution in [-0.4, -0.2) is 42.3 Å². The van der Waals surface area contributed by atoms with Crippen LogP contribution in [0.1, 0.15) is 68.1 Å². The second-order valence-corrected chi connectivity index (χ2v) is 9.71. The number of ether oxygens (including phenoxy) is 2. The third-order valence-electron chi connectivity index (χ3n) is 7.03. The highest BCUT2D eigenvalue weighted by molar-refractivity contribution is 6.33. The van der Waals surface area contributed by atoms with Crippen LogP contribution in [0.2, 0.25) is 5.02 Å². The van der Waals surface area contributed by atoms with Gasteiger partial charge in [-0.2, -0.15) is 0 Å². The molecule has 3 aliphatic rings. The number of pyridine rings is 1. The Labute approximate surface area is 200 Å². The number of anilines is 2. The molecule has 0 bridgehead atoms. The summed E-state index contributed by atoms with van der Waals surface area (Å²) in [6, 6.07) is 9.47. The average molecular weight is 470 g/mol. The van der Waals surface area contributed by atoms with Crippen LogP contribution in [0.15, 0.2) is 36.5 Å². The van der Waals surface area contributed by atoms with Crippen LogP contribution in [0.3, 0.4) is 0 Å². The first-order chi connectivity index (χ1) is 16.2. The number of aromatic nitrogens is 1. The minimum Gasteiger partial charge on any atom is -0.489 e. The Balaban J connectivity index is 1.23. The minimum atomic E-state index is -0.0857. The third-order valence-corrected chi connectivity index (χ3v) is 7.33. The Kier molecular flexibility index (Phi) is 7.02. The van der Waals surface area contributed by atoms with Gasteiger partial charge in [0.1, 0.15) is 6.61 Å². The monoisotopic (exact) mass is 469 g/mol. The molecule has 7 heteroatoms. The molecular formula is C26H32ClN3O3. The maximum atomic E-state index is 13.2. The van der Waals surface area contributed by atoms with Gasteiger partial charge in [-0.05, 0) is 62.8 Å². The van der Waals surface area contributed by atoms with Crippen molar-refractivity contribution in [3.05, 3.63) is 47.1 Å². The van der Waals surface area contributed by atoms with Gasteiger partial charge in [0.2, 0.25) is 0 Å². The summed E-state index contributed by atoms with van der Waals surface area (Å²) in [7, 11) is 0. The van der Waals surface area contributed by atoms with Crippen LogP contribution in [0, 0.1) is 0 Å². The number of amides is 1. The Hall–Kier alpha value is -2.31. The molecule has 2 aromatic rings. The predicted molar refractivity (Wildman–Crippen MR) is 130 cm³/mol. The molecule has 0 radical (unpaired) electrons. The zero-order chi connectivity index (χ0) is 22.6. The molecule has 0 saturated heterocycles. The molecule has 33 heavy (non-hydrogen) atoms. The SMILES string of the molecule is O=C(NC1CCC(OC2CCCCC2)CC1)c1cccc2c1OCCN2c1ncccc1Cl. The fraction of sp³-hybridized carbons (Fsp3) is 0.538. The van der Waals surface area contributed by atoms with Crippen molar-refractivity contribution in [3.63, 3.8) is 0 Å². The smallest absolute Gasteiger partial charge is 0.255 e. The summed E-state index contributed by atoms with van der Waals surface area (Å²) >= 11 is 6.39. The number of fused-ring (bicyclic) bond motifs is 1. The third kappa shape index (κ3) is 5.12. The topological polar surface area (TPSA) is 63.7 Å². The molecular weight excluding hydrogens is 438 g/mol. The Morgan fingerprint density at radius 1 is 1.03 bits per heavy atom. The molecule has 1 aromatic carbocycles. The standard InChI is InChI=1S/C26H32ClN3O3/c27-22-9-5-15-28-25(22)30-16-17-32-24-21(8-4-10-23(24)30)26(31)29-18-11-13-20(14-12-18)33-19-6-2-1-3-7-19/h4-5,8-10,15,18-20H,1-3,6-7,11-14,16-17H2,(H,29,31). The highest BCUT2D eigenvalue weighted by Gasteiger charge is 2.29. The summed E-state index contributed by atoms with van der Waals surface area (Å²) < 4.78 is 12.3. The van der Waals surface area contributed by atoms with Gasteiger partial charge >= 0.3 is 0 Å². The largest absolute Gasteiger partial charge is 0.489 e. The molecule has 0 atom stereocenters. The normalized spacial score (nSPS) is 23.5.